The SMILES string of the molecule is CC(Cc1ccc(C(C)(C)C)cc1)CN(C)CC(=O)O. The van der Waals surface area contributed by atoms with E-state index < -0.39 is 5.97 Å². The molecule has 20 heavy (non-hydrogen) atoms. The summed E-state index contributed by atoms with van der Waals surface area (Å²) in [5.41, 5.74) is 2.84. The second-order valence-corrected chi connectivity index (χ2v) is 6.85. The van der Waals surface area contributed by atoms with E-state index in [4.69, 9.17) is 5.11 Å². The number of hydrogen-bond acceptors (Lipinski definition) is 2. The van der Waals surface area contributed by atoms with Gasteiger partial charge in [-0.2, -0.15) is 0 Å². The third-order valence-corrected chi connectivity index (χ3v) is 3.43. The summed E-state index contributed by atoms with van der Waals surface area (Å²) in [5.74, 6) is -0.325. The summed E-state index contributed by atoms with van der Waals surface area (Å²) in [4.78, 5) is 12.5. The van der Waals surface area contributed by atoms with Gasteiger partial charge in [0, 0.05) is 6.54 Å². The van der Waals surface area contributed by atoms with Crippen LogP contribution in [0.25, 0.3) is 0 Å². The van der Waals surface area contributed by atoms with Gasteiger partial charge < -0.3 is 5.11 Å². The number of hydrogen-bond donors (Lipinski definition) is 1. The van der Waals surface area contributed by atoms with Crippen LogP contribution in [0.3, 0.4) is 0 Å². The van der Waals surface area contributed by atoms with Crippen LogP contribution in [0.15, 0.2) is 24.3 Å². The topological polar surface area (TPSA) is 40.5 Å². The molecule has 1 unspecified atom stereocenters. The number of benzene rings is 1. The van der Waals surface area contributed by atoms with Crippen molar-refractivity contribution in [2.24, 2.45) is 5.92 Å². The average molecular weight is 277 g/mol. The molecule has 3 heteroatoms. The highest BCUT2D eigenvalue weighted by Gasteiger charge is 2.14. The van der Waals surface area contributed by atoms with E-state index in [0.29, 0.717) is 5.92 Å². The van der Waals surface area contributed by atoms with Gasteiger partial charge in [-0.25, -0.2) is 0 Å². The molecule has 1 aromatic carbocycles. The van der Waals surface area contributed by atoms with Gasteiger partial charge in [-0.1, -0.05) is 52.0 Å². The Morgan fingerprint density at radius 3 is 2.25 bits per heavy atom. The Morgan fingerprint density at radius 1 is 1.25 bits per heavy atom. The molecule has 0 bridgehead atoms. The highest BCUT2D eigenvalue weighted by Crippen LogP contribution is 2.22. The third kappa shape index (κ3) is 5.74. The minimum absolute atomic E-state index is 0.104. The molecule has 0 radical (unpaired) electrons. The first-order chi connectivity index (χ1) is 9.18. The Balaban J connectivity index is 2.54. The molecule has 0 aliphatic heterocycles. The summed E-state index contributed by atoms with van der Waals surface area (Å²) in [6.07, 6.45) is 0.981. The van der Waals surface area contributed by atoms with Crippen LogP contribution in [-0.2, 0) is 16.6 Å². The van der Waals surface area contributed by atoms with Gasteiger partial charge in [0.05, 0.1) is 6.54 Å². The van der Waals surface area contributed by atoms with Crippen molar-refractivity contribution in [1.29, 1.82) is 0 Å². The van der Waals surface area contributed by atoms with Crippen LogP contribution in [0.1, 0.15) is 38.8 Å². The Kier molecular flexibility index (Phi) is 5.75. The minimum Gasteiger partial charge on any atom is -0.480 e. The zero-order chi connectivity index (χ0) is 15.3. The second kappa shape index (κ2) is 6.89. The lowest BCUT2D eigenvalue weighted by atomic mass is 9.86. The Bertz CT molecular complexity index is 431. The average Bonchev–Trinajstić information content (AvgIpc) is 2.26. The van der Waals surface area contributed by atoms with E-state index in [9.17, 15) is 4.79 Å². The molecule has 0 fully saturated rings. The zero-order valence-corrected chi connectivity index (χ0v) is 13.3. The lowest BCUT2D eigenvalue weighted by Crippen LogP contribution is -2.30. The standard InChI is InChI=1S/C17H27NO2/c1-13(11-18(5)12-16(19)20)10-14-6-8-15(9-7-14)17(2,3)4/h6-9,13H,10-12H2,1-5H3,(H,19,20). The molecule has 112 valence electrons. The molecule has 0 aliphatic carbocycles. The van der Waals surface area contributed by atoms with E-state index in [1.54, 1.807) is 0 Å². The van der Waals surface area contributed by atoms with Crippen molar-refractivity contribution >= 4 is 5.97 Å². The maximum Gasteiger partial charge on any atom is 0.317 e. The molecular weight excluding hydrogens is 250 g/mol. The largest absolute Gasteiger partial charge is 0.480 e. The Hall–Kier alpha value is -1.35. The fourth-order valence-corrected chi connectivity index (χ4v) is 2.44. The van der Waals surface area contributed by atoms with Crippen LogP contribution in [0.4, 0.5) is 0 Å². The zero-order valence-electron chi connectivity index (χ0n) is 13.3. The van der Waals surface area contributed by atoms with Gasteiger partial charge >= 0.3 is 5.97 Å². The van der Waals surface area contributed by atoms with Crippen molar-refractivity contribution in [2.45, 2.75) is 39.5 Å². The summed E-state index contributed by atoms with van der Waals surface area (Å²) in [6.45, 7) is 9.71. The number of carboxylic acid groups (broad SMARTS) is 1. The van der Waals surface area contributed by atoms with Crippen LogP contribution >= 0.6 is 0 Å². The number of likely N-dealkylation sites (N-methyl/N-ethyl adjacent to an activating group) is 1. The summed E-state index contributed by atoms with van der Waals surface area (Å²) >= 11 is 0. The maximum absolute atomic E-state index is 10.6. The molecule has 0 spiro atoms. The molecule has 1 N–H and O–H groups in total. The van der Waals surface area contributed by atoms with Gasteiger partial charge in [0.1, 0.15) is 0 Å². The summed E-state index contributed by atoms with van der Waals surface area (Å²) < 4.78 is 0. The molecule has 0 aromatic heterocycles. The van der Waals surface area contributed by atoms with Crippen LogP contribution in [0, 0.1) is 5.92 Å². The summed E-state index contributed by atoms with van der Waals surface area (Å²) in [5, 5.41) is 8.75. The van der Waals surface area contributed by atoms with Crippen molar-refractivity contribution in [3.63, 3.8) is 0 Å². The molecular formula is C17H27NO2. The van der Waals surface area contributed by atoms with Gasteiger partial charge in [-0.3, -0.25) is 9.69 Å². The third-order valence-electron chi connectivity index (χ3n) is 3.43. The molecule has 0 saturated carbocycles. The predicted octanol–water partition coefficient (Wildman–Crippen LogP) is 3.18. The quantitative estimate of drug-likeness (QED) is 0.868. The Morgan fingerprint density at radius 2 is 1.80 bits per heavy atom. The van der Waals surface area contributed by atoms with Crippen LogP contribution in [0.5, 0.6) is 0 Å². The van der Waals surface area contributed by atoms with E-state index in [-0.39, 0.29) is 12.0 Å². The highest BCUT2D eigenvalue weighted by molar-refractivity contribution is 5.68. The van der Waals surface area contributed by atoms with E-state index in [0.717, 1.165) is 13.0 Å². The number of nitrogens with zero attached hydrogens (tertiary/aromatic N) is 1. The fourth-order valence-electron chi connectivity index (χ4n) is 2.44. The van der Waals surface area contributed by atoms with Crippen molar-refractivity contribution < 1.29 is 9.90 Å². The normalized spacial score (nSPS) is 13.5. The van der Waals surface area contributed by atoms with Crippen LogP contribution in [0.2, 0.25) is 0 Å². The first-order valence-corrected chi connectivity index (χ1v) is 7.18. The minimum atomic E-state index is -0.769. The van der Waals surface area contributed by atoms with E-state index in [1.165, 1.54) is 11.1 Å². The van der Waals surface area contributed by atoms with Crippen molar-refractivity contribution in [2.75, 3.05) is 20.1 Å². The molecule has 1 aromatic rings. The lowest BCUT2D eigenvalue weighted by molar-refractivity contribution is -0.138. The summed E-state index contributed by atoms with van der Waals surface area (Å²) in [7, 11) is 1.85. The van der Waals surface area contributed by atoms with Crippen molar-refractivity contribution in [3.05, 3.63) is 35.4 Å². The number of rotatable bonds is 6. The molecule has 0 aliphatic rings. The van der Waals surface area contributed by atoms with Crippen LogP contribution < -0.4 is 0 Å². The van der Waals surface area contributed by atoms with Gasteiger partial charge in [0.15, 0.2) is 0 Å². The van der Waals surface area contributed by atoms with Gasteiger partial charge in [-0.05, 0) is 35.9 Å². The molecule has 0 amide bonds. The van der Waals surface area contributed by atoms with E-state index in [2.05, 4.69) is 52.0 Å². The first-order valence-electron chi connectivity index (χ1n) is 7.18. The van der Waals surface area contributed by atoms with E-state index in [1.807, 2.05) is 11.9 Å². The molecule has 1 atom stereocenters. The molecule has 0 saturated heterocycles. The van der Waals surface area contributed by atoms with Crippen LogP contribution in [-0.4, -0.2) is 36.1 Å². The number of carbonyl (C=O) groups is 1. The monoisotopic (exact) mass is 277 g/mol. The van der Waals surface area contributed by atoms with E-state index >= 15 is 0 Å². The highest BCUT2D eigenvalue weighted by atomic mass is 16.4. The lowest BCUT2D eigenvalue weighted by Gasteiger charge is -2.21. The first kappa shape index (κ1) is 16.7. The van der Waals surface area contributed by atoms with Gasteiger partial charge in [0.2, 0.25) is 0 Å². The number of aliphatic carboxylic acids is 1. The molecule has 1 rings (SSSR count). The predicted molar refractivity (Wildman–Crippen MR) is 83.1 cm³/mol. The van der Waals surface area contributed by atoms with Gasteiger partial charge in [-0.15, -0.1) is 0 Å². The van der Waals surface area contributed by atoms with Crippen molar-refractivity contribution in [1.82, 2.24) is 4.90 Å². The smallest absolute Gasteiger partial charge is 0.317 e. The maximum atomic E-state index is 10.6. The second-order valence-electron chi connectivity index (χ2n) is 6.85. The molecule has 0 heterocycles. The van der Waals surface area contributed by atoms with Crippen molar-refractivity contribution in [3.8, 4) is 0 Å². The van der Waals surface area contributed by atoms with Gasteiger partial charge in [0.25, 0.3) is 0 Å². The Labute approximate surface area is 122 Å². The fraction of sp³-hybridized carbons (Fsp3) is 0.588. The summed E-state index contributed by atoms with van der Waals surface area (Å²) in [6, 6.07) is 8.77. The molecule has 3 nitrogen and oxygen atoms in total. The number of carboxylic acids is 1.